The predicted molar refractivity (Wildman–Crippen MR) is 86.6 cm³/mol. The molecule has 0 spiro atoms. The van der Waals surface area contributed by atoms with Crippen LogP contribution in [-0.4, -0.2) is 22.6 Å². The Morgan fingerprint density at radius 1 is 1.32 bits per heavy atom. The second kappa shape index (κ2) is 5.27. The van der Waals surface area contributed by atoms with Crippen LogP contribution in [0.2, 0.25) is 0 Å². The molecule has 1 aromatic heterocycles. The molecule has 3 rings (SSSR count). The van der Waals surface area contributed by atoms with E-state index in [1.165, 1.54) is 5.56 Å². The van der Waals surface area contributed by atoms with Gasteiger partial charge >= 0.3 is 0 Å². The summed E-state index contributed by atoms with van der Waals surface area (Å²) < 4.78 is 0. The van der Waals surface area contributed by atoms with Crippen molar-refractivity contribution < 1.29 is 4.79 Å². The number of hydrogen-bond donors (Lipinski definition) is 2. The van der Waals surface area contributed by atoms with Gasteiger partial charge in [-0.3, -0.25) is 9.89 Å². The van der Waals surface area contributed by atoms with Gasteiger partial charge in [-0.05, 0) is 36.3 Å². The van der Waals surface area contributed by atoms with Crippen molar-refractivity contribution >= 4 is 5.91 Å². The summed E-state index contributed by atoms with van der Waals surface area (Å²) in [5.74, 6) is 0.143. The molecule has 1 atom stereocenters. The van der Waals surface area contributed by atoms with Gasteiger partial charge in [0.25, 0.3) is 0 Å². The van der Waals surface area contributed by atoms with Crippen LogP contribution in [0.15, 0.2) is 36.7 Å². The minimum Gasteiger partial charge on any atom is -0.355 e. The molecule has 0 aliphatic heterocycles. The number of rotatable bonds is 5. The number of nitrogens with zero attached hydrogens (tertiary/aromatic N) is 1. The average molecular weight is 297 g/mol. The second-order valence-corrected chi connectivity index (χ2v) is 6.94. The molecule has 1 aliphatic carbocycles. The fourth-order valence-corrected chi connectivity index (χ4v) is 3.35. The quantitative estimate of drug-likeness (QED) is 0.891. The highest BCUT2D eigenvalue weighted by Crippen LogP contribution is 2.64. The van der Waals surface area contributed by atoms with Crippen molar-refractivity contribution in [2.75, 3.05) is 6.54 Å². The van der Waals surface area contributed by atoms with Crippen molar-refractivity contribution in [2.45, 2.75) is 39.0 Å². The van der Waals surface area contributed by atoms with E-state index in [0.29, 0.717) is 6.54 Å². The molecule has 1 aromatic carbocycles. The van der Waals surface area contributed by atoms with Gasteiger partial charge in [-0.25, -0.2) is 0 Å². The maximum Gasteiger partial charge on any atom is 0.231 e. The summed E-state index contributed by atoms with van der Waals surface area (Å²) in [6.07, 6.45) is 5.36. The molecule has 0 saturated heterocycles. The first-order chi connectivity index (χ1) is 10.5. The van der Waals surface area contributed by atoms with E-state index in [-0.39, 0.29) is 16.7 Å². The number of hydrogen-bond acceptors (Lipinski definition) is 2. The summed E-state index contributed by atoms with van der Waals surface area (Å²) in [6, 6.07) is 8.37. The van der Waals surface area contributed by atoms with Gasteiger partial charge < -0.3 is 5.32 Å². The largest absolute Gasteiger partial charge is 0.355 e. The zero-order chi connectivity index (χ0) is 15.8. The minimum atomic E-state index is -0.378. The summed E-state index contributed by atoms with van der Waals surface area (Å²) in [4.78, 5) is 12.8. The van der Waals surface area contributed by atoms with Crippen LogP contribution in [0.3, 0.4) is 0 Å². The summed E-state index contributed by atoms with van der Waals surface area (Å²) >= 11 is 0. The van der Waals surface area contributed by atoms with E-state index in [0.717, 1.165) is 24.0 Å². The zero-order valence-corrected chi connectivity index (χ0v) is 13.4. The summed E-state index contributed by atoms with van der Waals surface area (Å²) in [6.45, 7) is 7.05. The van der Waals surface area contributed by atoms with E-state index in [1.54, 1.807) is 6.20 Å². The molecular weight excluding hydrogens is 274 g/mol. The van der Waals surface area contributed by atoms with Gasteiger partial charge in [0.15, 0.2) is 0 Å². The molecule has 4 heteroatoms. The lowest BCUT2D eigenvalue weighted by Crippen LogP contribution is -2.38. The third kappa shape index (κ3) is 2.43. The van der Waals surface area contributed by atoms with Gasteiger partial charge in [0.05, 0.1) is 11.6 Å². The van der Waals surface area contributed by atoms with Crippen LogP contribution in [0.25, 0.3) is 0 Å². The van der Waals surface area contributed by atoms with E-state index in [1.807, 2.05) is 6.20 Å². The highest BCUT2D eigenvalue weighted by Gasteiger charge is 2.66. The lowest BCUT2D eigenvalue weighted by Gasteiger charge is -2.21. The SMILES string of the molecule is Cc1ccc([C@@]2(C(=O)NCCc3cn[nH]c3)CC2(C)C)cc1. The third-order valence-corrected chi connectivity index (χ3v) is 4.92. The molecule has 1 fully saturated rings. The molecule has 1 heterocycles. The molecule has 1 aliphatic rings. The van der Waals surface area contributed by atoms with Gasteiger partial charge in [-0.2, -0.15) is 5.10 Å². The first-order valence-electron chi connectivity index (χ1n) is 7.79. The van der Waals surface area contributed by atoms with Gasteiger partial charge in [0.1, 0.15) is 0 Å². The predicted octanol–water partition coefficient (Wildman–Crippen LogP) is 2.74. The molecule has 116 valence electrons. The summed E-state index contributed by atoms with van der Waals surface area (Å²) in [7, 11) is 0. The van der Waals surface area contributed by atoms with Crippen LogP contribution in [0.5, 0.6) is 0 Å². The lowest BCUT2D eigenvalue weighted by atomic mass is 9.86. The van der Waals surface area contributed by atoms with Crippen LogP contribution in [0.4, 0.5) is 0 Å². The number of aromatic amines is 1. The number of carbonyl (C=O) groups excluding carboxylic acids is 1. The summed E-state index contributed by atoms with van der Waals surface area (Å²) in [5, 5.41) is 9.83. The average Bonchev–Trinajstić information content (AvgIpc) is 2.86. The van der Waals surface area contributed by atoms with Crippen molar-refractivity contribution in [2.24, 2.45) is 5.41 Å². The Balaban J connectivity index is 1.71. The maximum atomic E-state index is 12.8. The van der Waals surface area contributed by atoms with Gasteiger partial charge in [0, 0.05) is 12.7 Å². The van der Waals surface area contributed by atoms with Gasteiger partial charge in [-0.1, -0.05) is 43.7 Å². The Labute approximate surface area is 131 Å². The summed E-state index contributed by atoms with van der Waals surface area (Å²) in [5.41, 5.74) is 3.10. The molecule has 0 radical (unpaired) electrons. The van der Waals surface area contributed by atoms with Crippen molar-refractivity contribution in [1.82, 2.24) is 15.5 Å². The first kappa shape index (κ1) is 14.8. The van der Waals surface area contributed by atoms with E-state index in [9.17, 15) is 4.79 Å². The number of aryl methyl sites for hydroxylation is 1. The Hall–Kier alpha value is -2.10. The lowest BCUT2D eigenvalue weighted by molar-refractivity contribution is -0.124. The molecule has 2 N–H and O–H groups in total. The second-order valence-electron chi connectivity index (χ2n) is 6.94. The number of aromatic nitrogens is 2. The van der Waals surface area contributed by atoms with Crippen molar-refractivity contribution in [3.8, 4) is 0 Å². The fraction of sp³-hybridized carbons (Fsp3) is 0.444. The normalized spacial score (nSPS) is 22.3. The molecule has 0 unspecified atom stereocenters. The molecular formula is C18H23N3O. The van der Waals surface area contributed by atoms with E-state index < -0.39 is 0 Å². The number of benzene rings is 1. The topological polar surface area (TPSA) is 57.8 Å². The van der Waals surface area contributed by atoms with E-state index in [4.69, 9.17) is 0 Å². The molecule has 4 nitrogen and oxygen atoms in total. The molecule has 2 aromatic rings. The smallest absolute Gasteiger partial charge is 0.231 e. The van der Waals surface area contributed by atoms with Crippen LogP contribution in [0, 0.1) is 12.3 Å². The Bertz CT molecular complexity index is 658. The van der Waals surface area contributed by atoms with Crippen LogP contribution in [-0.2, 0) is 16.6 Å². The van der Waals surface area contributed by atoms with Crippen molar-refractivity contribution in [3.63, 3.8) is 0 Å². The van der Waals surface area contributed by atoms with Gasteiger partial charge in [-0.15, -0.1) is 0 Å². The number of nitrogens with one attached hydrogen (secondary N) is 2. The standard InChI is InChI=1S/C18H23N3O/c1-13-4-6-15(7-5-13)18(12-17(18,2)3)16(22)19-9-8-14-10-20-21-11-14/h4-7,10-11H,8-9,12H2,1-3H3,(H,19,22)(H,20,21)/t18-/m1/s1. The maximum absolute atomic E-state index is 12.8. The van der Waals surface area contributed by atoms with Crippen LogP contribution >= 0.6 is 0 Å². The molecule has 1 amide bonds. The number of amides is 1. The Kier molecular flexibility index (Phi) is 3.55. The van der Waals surface area contributed by atoms with Crippen molar-refractivity contribution in [1.29, 1.82) is 0 Å². The van der Waals surface area contributed by atoms with Crippen molar-refractivity contribution in [3.05, 3.63) is 53.3 Å². The van der Waals surface area contributed by atoms with Crippen LogP contribution in [0.1, 0.15) is 37.0 Å². The number of carbonyl (C=O) groups is 1. The fourth-order valence-electron chi connectivity index (χ4n) is 3.35. The molecule has 1 saturated carbocycles. The molecule has 22 heavy (non-hydrogen) atoms. The third-order valence-electron chi connectivity index (χ3n) is 4.92. The first-order valence-corrected chi connectivity index (χ1v) is 7.79. The number of H-pyrrole nitrogens is 1. The Morgan fingerprint density at radius 2 is 2.00 bits per heavy atom. The molecule has 0 bridgehead atoms. The van der Waals surface area contributed by atoms with Gasteiger partial charge in [0.2, 0.25) is 5.91 Å². The van der Waals surface area contributed by atoms with E-state index >= 15 is 0 Å². The highest BCUT2D eigenvalue weighted by atomic mass is 16.2. The minimum absolute atomic E-state index is 0.0159. The monoisotopic (exact) mass is 297 g/mol. The highest BCUT2D eigenvalue weighted by molar-refractivity contribution is 5.93. The van der Waals surface area contributed by atoms with Crippen LogP contribution < -0.4 is 5.32 Å². The van der Waals surface area contributed by atoms with E-state index in [2.05, 4.69) is 60.6 Å². The Morgan fingerprint density at radius 3 is 2.55 bits per heavy atom. The zero-order valence-electron chi connectivity index (χ0n) is 13.4.